The fraction of sp³-hybridized carbons (Fsp3) is 0.136. The van der Waals surface area contributed by atoms with Crippen molar-refractivity contribution in [2.24, 2.45) is 0 Å². The van der Waals surface area contributed by atoms with Gasteiger partial charge in [-0.3, -0.25) is 23.7 Å². The van der Waals surface area contributed by atoms with Gasteiger partial charge in [-0.25, -0.2) is 9.78 Å². The third kappa shape index (κ3) is 3.01. The molecule has 9 heteroatoms. The molecule has 1 aliphatic heterocycles. The van der Waals surface area contributed by atoms with Crippen LogP contribution in [0.1, 0.15) is 33.3 Å². The van der Waals surface area contributed by atoms with Crippen molar-refractivity contribution in [3.05, 3.63) is 81.8 Å². The number of hydrogen-bond donors (Lipinski definition) is 0. The summed E-state index contributed by atoms with van der Waals surface area (Å²) in [6.07, 6.45) is 0. The highest BCUT2D eigenvalue weighted by atomic mass is 32.1. The van der Waals surface area contributed by atoms with Gasteiger partial charge in [-0.05, 0) is 31.2 Å². The van der Waals surface area contributed by atoms with E-state index in [1.165, 1.54) is 28.7 Å². The van der Waals surface area contributed by atoms with Crippen LogP contribution in [0.2, 0.25) is 0 Å². The fourth-order valence-electron chi connectivity index (χ4n) is 3.63. The molecule has 1 atom stereocenters. The van der Waals surface area contributed by atoms with E-state index in [4.69, 9.17) is 4.74 Å². The largest absolute Gasteiger partial charge is 0.458 e. The Morgan fingerprint density at radius 2 is 1.68 bits per heavy atom. The lowest BCUT2D eigenvalue weighted by molar-refractivity contribution is -0.149. The van der Waals surface area contributed by atoms with Crippen molar-refractivity contribution in [3.8, 4) is 0 Å². The molecule has 31 heavy (non-hydrogen) atoms. The number of amides is 2. The molecule has 0 saturated heterocycles. The number of benzene rings is 2. The molecule has 1 aliphatic rings. The van der Waals surface area contributed by atoms with E-state index in [-0.39, 0.29) is 23.3 Å². The highest BCUT2D eigenvalue weighted by Gasteiger charge is 2.41. The minimum Gasteiger partial charge on any atom is -0.458 e. The molecule has 0 fully saturated rings. The number of ether oxygens (including phenoxy) is 1. The normalized spacial score (nSPS) is 14.3. The molecule has 3 heterocycles. The Kier molecular flexibility index (Phi) is 4.40. The second-order valence-corrected chi connectivity index (χ2v) is 8.09. The van der Waals surface area contributed by atoms with Gasteiger partial charge in [-0.1, -0.05) is 35.6 Å². The average molecular weight is 433 g/mol. The first kappa shape index (κ1) is 19.1. The van der Waals surface area contributed by atoms with Gasteiger partial charge in [0.25, 0.3) is 17.4 Å². The first-order valence-corrected chi connectivity index (χ1v) is 10.3. The monoisotopic (exact) mass is 433 g/mol. The summed E-state index contributed by atoms with van der Waals surface area (Å²) >= 11 is 1.36. The van der Waals surface area contributed by atoms with E-state index < -0.39 is 23.8 Å². The standard InChI is InChI=1S/C22H15N3O5S/c1-12(24-19(27)14-6-2-3-7-15(14)20(24)28)21(29)30-11-13-10-18(26)25-16-8-4-5-9-17(16)31-22(25)23-13/h2-10,12H,11H2,1H3/t12-/m0/s1. The molecule has 0 unspecified atom stereocenters. The van der Waals surface area contributed by atoms with Gasteiger partial charge in [0.2, 0.25) is 0 Å². The molecule has 2 amide bonds. The molecular weight excluding hydrogens is 418 g/mol. The summed E-state index contributed by atoms with van der Waals surface area (Å²) in [6, 6.07) is 14.1. The second kappa shape index (κ2) is 7.13. The topological polar surface area (TPSA) is 98.1 Å². The van der Waals surface area contributed by atoms with Crippen molar-refractivity contribution < 1.29 is 19.1 Å². The summed E-state index contributed by atoms with van der Waals surface area (Å²) in [5, 5.41) is 0. The number of hydrogen-bond acceptors (Lipinski definition) is 7. The van der Waals surface area contributed by atoms with E-state index in [0.717, 1.165) is 15.1 Å². The minimum atomic E-state index is -1.11. The van der Waals surface area contributed by atoms with E-state index in [9.17, 15) is 19.2 Å². The highest BCUT2D eigenvalue weighted by molar-refractivity contribution is 7.23. The highest BCUT2D eigenvalue weighted by Crippen LogP contribution is 2.25. The zero-order valence-electron chi connectivity index (χ0n) is 16.3. The predicted molar refractivity (Wildman–Crippen MR) is 113 cm³/mol. The van der Waals surface area contributed by atoms with Gasteiger partial charge in [0, 0.05) is 6.07 Å². The quantitative estimate of drug-likeness (QED) is 0.363. The summed E-state index contributed by atoms with van der Waals surface area (Å²) in [4.78, 5) is 56.0. The van der Waals surface area contributed by atoms with Crippen molar-refractivity contribution in [1.29, 1.82) is 0 Å². The molecule has 8 nitrogen and oxygen atoms in total. The van der Waals surface area contributed by atoms with E-state index >= 15 is 0 Å². The Bertz CT molecular complexity index is 1420. The van der Waals surface area contributed by atoms with Crippen molar-refractivity contribution in [2.45, 2.75) is 19.6 Å². The Morgan fingerprint density at radius 1 is 1.03 bits per heavy atom. The molecule has 2 aromatic heterocycles. The van der Waals surface area contributed by atoms with Crippen molar-refractivity contribution in [1.82, 2.24) is 14.3 Å². The first-order chi connectivity index (χ1) is 15.0. The van der Waals surface area contributed by atoms with Crippen molar-refractivity contribution >= 4 is 44.3 Å². The lowest BCUT2D eigenvalue weighted by Gasteiger charge is -2.20. The average Bonchev–Trinajstić information content (AvgIpc) is 3.27. The van der Waals surface area contributed by atoms with Crippen LogP contribution in [0.15, 0.2) is 59.4 Å². The summed E-state index contributed by atoms with van der Waals surface area (Å²) in [5.74, 6) is -1.82. The smallest absolute Gasteiger partial charge is 0.329 e. The van der Waals surface area contributed by atoms with E-state index in [1.807, 2.05) is 24.3 Å². The van der Waals surface area contributed by atoms with Crippen molar-refractivity contribution in [3.63, 3.8) is 0 Å². The molecule has 2 aromatic carbocycles. The summed E-state index contributed by atoms with van der Waals surface area (Å²) in [7, 11) is 0. The maximum Gasteiger partial charge on any atom is 0.329 e. The summed E-state index contributed by atoms with van der Waals surface area (Å²) < 4.78 is 7.71. The third-order valence-corrected chi connectivity index (χ3v) is 6.19. The van der Waals surface area contributed by atoms with Gasteiger partial charge in [0.05, 0.1) is 27.0 Å². The van der Waals surface area contributed by atoms with Gasteiger partial charge in [-0.15, -0.1) is 0 Å². The summed E-state index contributed by atoms with van der Waals surface area (Å²) in [5.41, 5.74) is 1.30. The lowest BCUT2D eigenvalue weighted by Crippen LogP contribution is -2.43. The van der Waals surface area contributed by atoms with Crippen LogP contribution in [0.5, 0.6) is 0 Å². The SMILES string of the molecule is C[C@@H](C(=O)OCc1cc(=O)n2c(n1)sc1ccccc12)N1C(=O)c2ccccc2C1=O. The zero-order chi connectivity index (χ0) is 21.7. The van der Waals surface area contributed by atoms with Crippen LogP contribution in [-0.2, 0) is 16.1 Å². The van der Waals surface area contributed by atoms with Crippen LogP contribution in [0, 0.1) is 0 Å². The zero-order valence-corrected chi connectivity index (χ0v) is 17.1. The van der Waals surface area contributed by atoms with Crippen molar-refractivity contribution in [2.75, 3.05) is 0 Å². The molecule has 154 valence electrons. The third-order valence-electron chi connectivity index (χ3n) is 5.16. The van der Waals surface area contributed by atoms with E-state index in [1.54, 1.807) is 24.3 Å². The van der Waals surface area contributed by atoms with E-state index in [2.05, 4.69) is 4.98 Å². The molecule has 0 aliphatic carbocycles. The molecule has 0 N–H and O–H groups in total. The number of carbonyl (C=O) groups is 3. The van der Waals surface area contributed by atoms with Gasteiger partial charge in [0.15, 0.2) is 4.96 Å². The Labute approximate surface area is 179 Å². The number of thiazole rings is 1. The maximum absolute atomic E-state index is 12.6. The number of aromatic nitrogens is 2. The molecule has 4 aromatic rings. The maximum atomic E-state index is 12.6. The molecule has 0 radical (unpaired) electrons. The lowest BCUT2D eigenvalue weighted by atomic mass is 10.1. The number of carbonyl (C=O) groups excluding carboxylic acids is 3. The number of nitrogens with zero attached hydrogens (tertiary/aromatic N) is 3. The van der Waals surface area contributed by atoms with Crippen LogP contribution in [0.25, 0.3) is 15.2 Å². The number of fused-ring (bicyclic) bond motifs is 4. The fourth-order valence-corrected chi connectivity index (χ4v) is 4.68. The van der Waals surface area contributed by atoms with Crippen LogP contribution < -0.4 is 5.56 Å². The summed E-state index contributed by atoms with van der Waals surface area (Å²) in [6.45, 7) is 1.19. The number of imide groups is 1. The number of esters is 1. The number of rotatable bonds is 4. The second-order valence-electron chi connectivity index (χ2n) is 7.08. The van der Waals surface area contributed by atoms with Crippen LogP contribution in [-0.4, -0.2) is 38.1 Å². The number of para-hydroxylation sites is 1. The molecule has 0 bridgehead atoms. The van der Waals surface area contributed by atoms with Gasteiger partial charge >= 0.3 is 5.97 Å². The molecular formula is C22H15N3O5S. The van der Waals surface area contributed by atoms with Gasteiger partial charge in [0.1, 0.15) is 12.6 Å². The van der Waals surface area contributed by atoms with Crippen LogP contribution in [0.3, 0.4) is 0 Å². The van der Waals surface area contributed by atoms with Crippen LogP contribution >= 0.6 is 11.3 Å². The van der Waals surface area contributed by atoms with E-state index in [0.29, 0.717) is 10.7 Å². The van der Waals surface area contributed by atoms with Gasteiger partial charge < -0.3 is 4.74 Å². The Morgan fingerprint density at radius 3 is 2.39 bits per heavy atom. The Hall–Kier alpha value is -3.85. The Balaban J connectivity index is 1.35. The predicted octanol–water partition coefficient (Wildman–Crippen LogP) is 2.64. The van der Waals surface area contributed by atoms with Gasteiger partial charge in [-0.2, -0.15) is 0 Å². The first-order valence-electron chi connectivity index (χ1n) is 9.49. The molecule has 5 rings (SSSR count). The minimum absolute atomic E-state index is 0.244. The molecule has 0 saturated carbocycles. The van der Waals surface area contributed by atoms with Crippen LogP contribution in [0.4, 0.5) is 0 Å². The molecule has 0 spiro atoms.